The van der Waals surface area contributed by atoms with Crippen molar-refractivity contribution >= 4 is 21.7 Å². The molecule has 0 atom stereocenters. The lowest BCUT2D eigenvalue weighted by Gasteiger charge is -2.10. The van der Waals surface area contributed by atoms with Crippen molar-refractivity contribution in [2.75, 3.05) is 11.3 Å². The van der Waals surface area contributed by atoms with Crippen molar-refractivity contribution in [2.24, 2.45) is 0 Å². The van der Waals surface area contributed by atoms with Crippen LogP contribution in [0.15, 0.2) is 28.7 Å². The van der Waals surface area contributed by atoms with Crippen LogP contribution < -0.4 is 4.72 Å². The highest BCUT2D eigenvalue weighted by Crippen LogP contribution is 2.27. The van der Waals surface area contributed by atoms with Gasteiger partial charge >= 0.3 is 27.4 Å². The second-order valence-electron chi connectivity index (χ2n) is 4.26. The first kappa shape index (κ1) is 17.7. The lowest BCUT2D eigenvalue weighted by atomic mass is 10.2. The smallest absolute Gasteiger partial charge is 0.459 e. The number of alkyl halides is 3. The molecule has 1 aromatic carbocycles. The molecule has 0 bridgehead atoms. The van der Waals surface area contributed by atoms with Gasteiger partial charge in [0, 0.05) is 11.3 Å². The Labute approximate surface area is 133 Å². The lowest BCUT2D eigenvalue weighted by molar-refractivity contribution is -0.0429. The van der Waals surface area contributed by atoms with Crippen LogP contribution in [0.25, 0.3) is 11.5 Å². The van der Waals surface area contributed by atoms with E-state index in [0.717, 1.165) is 12.1 Å². The molecule has 2 aromatic rings. The first-order valence-electron chi connectivity index (χ1n) is 6.34. The Hall–Kier alpha value is -2.63. The van der Waals surface area contributed by atoms with Gasteiger partial charge in [0.05, 0.1) is 6.61 Å². The van der Waals surface area contributed by atoms with Crippen LogP contribution in [-0.4, -0.2) is 36.7 Å². The second kappa shape index (κ2) is 6.47. The van der Waals surface area contributed by atoms with E-state index in [1.807, 2.05) is 0 Å². The van der Waals surface area contributed by atoms with Crippen LogP contribution in [0.1, 0.15) is 17.6 Å². The third-order valence-electron chi connectivity index (χ3n) is 2.54. The molecule has 8 nitrogen and oxygen atoms in total. The molecule has 2 rings (SSSR count). The monoisotopic (exact) mass is 365 g/mol. The van der Waals surface area contributed by atoms with Crippen molar-refractivity contribution in [3.63, 3.8) is 0 Å². The predicted molar refractivity (Wildman–Crippen MR) is 74.3 cm³/mol. The highest BCUT2D eigenvalue weighted by Gasteiger charge is 2.46. The Balaban J connectivity index is 2.27. The summed E-state index contributed by atoms with van der Waals surface area (Å²) in [4.78, 5) is 11.4. The summed E-state index contributed by atoms with van der Waals surface area (Å²) in [7, 11) is -5.56. The van der Waals surface area contributed by atoms with Gasteiger partial charge in [0.2, 0.25) is 5.89 Å². The fourth-order valence-corrected chi connectivity index (χ4v) is 2.10. The number of ether oxygens (including phenoxy) is 1. The van der Waals surface area contributed by atoms with E-state index in [9.17, 15) is 26.4 Å². The number of hydrogen-bond acceptors (Lipinski definition) is 7. The summed E-state index contributed by atoms with van der Waals surface area (Å²) in [6, 6.07) is 4.81. The summed E-state index contributed by atoms with van der Waals surface area (Å²) in [5.41, 5.74) is -5.70. The molecule has 0 aliphatic heterocycles. The second-order valence-corrected chi connectivity index (χ2v) is 5.94. The lowest BCUT2D eigenvalue weighted by Crippen LogP contribution is -2.29. The van der Waals surface area contributed by atoms with Gasteiger partial charge in [-0.25, -0.2) is 4.79 Å². The predicted octanol–water partition coefficient (Wildman–Crippen LogP) is 2.17. The maximum atomic E-state index is 12.4. The first-order chi connectivity index (χ1) is 11.1. The number of rotatable bonds is 5. The molecule has 130 valence electrons. The molecular formula is C12H10F3N3O5S. The molecule has 0 saturated carbocycles. The van der Waals surface area contributed by atoms with Gasteiger partial charge in [-0.3, -0.25) is 4.72 Å². The first-order valence-corrected chi connectivity index (χ1v) is 7.82. The van der Waals surface area contributed by atoms with Crippen molar-refractivity contribution in [3.8, 4) is 11.5 Å². The molecule has 1 N–H and O–H groups in total. The van der Waals surface area contributed by atoms with Gasteiger partial charge in [0.1, 0.15) is 0 Å². The largest absolute Gasteiger partial charge is 0.516 e. The fraction of sp³-hybridized carbons (Fsp3) is 0.250. The molecular weight excluding hydrogens is 355 g/mol. The Bertz CT molecular complexity index is 848. The number of halogens is 3. The van der Waals surface area contributed by atoms with E-state index in [0.29, 0.717) is 0 Å². The number of esters is 1. The molecule has 0 aliphatic carbocycles. The standard InChI is InChI=1S/C12H10F3N3O5S/c1-2-22-11(19)10-17-16-9(23-10)7-4-3-5-8(6-7)18-24(20,21)12(13,14)15/h3-6,18H,2H2,1H3. The number of sulfonamides is 1. The number of benzene rings is 1. The Morgan fingerprint density at radius 2 is 2.04 bits per heavy atom. The van der Waals surface area contributed by atoms with E-state index >= 15 is 0 Å². The number of anilines is 1. The Morgan fingerprint density at radius 1 is 1.33 bits per heavy atom. The maximum Gasteiger partial charge on any atom is 0.516 e. The van der Waals surface area contributed by atoms with Crippen LogP contribution in [-0.2, 0) is 14.8 Å². The van der Waals surface area contributed by atoms with Crippen molar-refractivity contribution in [1.82, 2.24) is 10.2 Å². The third kappa shape index (κ3) is 3.82. The van der Waals surface area contributed by atoms with Crippen LogP contribution in [0.4, 0.5) is 18.9 Å². The quantitative estimate of drug-likeness (QED) is 0.808. The fourth-order valence-electron chi connectivity index (χ4n) is 1.54. The summed E-state index contributed by atoms with van der Waals surface area (Å²) in [5.74, 6) is -1.48. The highest BCUT2D eigenvalue weighted by molar-refractivity contribution is 7.93. The van der Waals surface area contributed by atoms with Gasteiger partial charge in [-0.2, -0.15) is 21.6 Å². The Kier molecular flexibility index (Phi) is 4.78. The molecule has 0 saturated heterocycles. The molecule has 0 spiro atoms. The van der Waals surface area contributed by atoms with Crippen LogP contribution in [0.3, 0.4) is 0 Å². The molecule has 0 aliphatic rings. The van der Waals surface area contributed by atoms with E-state index in [2.05, 4.69) is 14.9 Å². The average molecular weight is 365 g/mol. The molecule has 0 radical (unpaired) electrons. The maximum absolute atomic E-state index is 12.4. The molecule has 1 heterocycles. The summed E-state index contributed by atoms with van der Waals surface area (Å²) < 4.78 is 70.3. The number of nitrogens with one attached hydrogen (secondary N) is 1. The van der Waals surface area contributed by atoms with Crippen molar-refractivity contribution in [2.45, 2.75) is 12.4 Å². The van der Waals surface area contributed by atoms with Gasteiger partial charge in [-0.1, -0.05) is 6.07 Å². The summed E-state index contributed by atoms with van der Waals surface area (Å²) in [6.45, 7) is 1.66. The van der Waals surface area contributed by atoms with Crippen LogP contribution in [0, 0.1) is 0 Å². The summed E-state index contributed by atoms with van der Waals surface area (Å²) in [5, 5.41) is 7.00. The number of aromatic nitrogens is 2. The zero-order valence-corrected chi connectivity index (χ0v) is 12.8. The number of carbonyl (C=O) groups is 1. The van der Waals surface area contributed by atoms with Crippen molar-refractivity contribution < 1.29 is 35.5 Å². The van der Waals surface area contributed by atoms with Gasteiger partial charge in [0.25, 0.3) is 0 Å². The van der Waals surface area contributed by atoms with E-state index in [4.69, 9.17) is 4.42 Å². The summed E-state index contributed by atoms with van der Waals surface area (Å²) >= 11 is 0. The number of hydrogen-bond donors (Lipinski definition) is 1. The van der Waals surface area contributed by atoms with Gasteiger partial charge in [-0.15, -0.1) is 10.2 Å². The molecule has 1 aromatic heterocycles. The van der Waals surface area contributed by atoms with Crippen molar-refractivity contribution in [1.29, 1.82) is 0 Å². The average Bonchev–Trinajstić information content (AvgIpc) is 2.96. The van der Waals surface area contributed by atoms with Crippen LogP contribution in [0.5, 0.6) is 0 Å². The van der Waals surface area contributed by atoms with Crippen LogP contribution in [0.2, 0.25) is 0 Å². The topological polar surface area (TPSA) is 111 Å². The van der Waals surface area contributed by atoms with Gasteiger partial charge < -0.3 is 9.15 Å². The minimum atomic E-state index is -5.56. The minimum Gasteiger partial charge on any atom is -0.459 e. The van der Waals surface area contributed by atoms with E-state index in [1.54, 1.807) is 6.92 Å². The molecule has 12 heteroatoms. The highest BCUT2D eigenvalue weighted by atomic mass is 32.2. The molecule has 0 fully saturated rings. The van der Waals surface area contributed by atoms with Crippen LogP contribution >= 0.6 is 0 Å². The van der Waals surface area contributed by atoms with Gasteiger partial charge in [0.15, 0.2) is 0 Å². The number of nitrogens with zero attached hydrogens (tertiary/aromatic N) is 2. The minimum absolute atomic E-state index is 0.0885. The molecule has 0 unspecified atom stereocenters. The Morgan fingerprint density at radius 3 is 2.67 bits per heavy atom. The zero-order valence-electron chi connectivity index (χ0n) is 12.0. The van der Waals surface area contributed by atoms with E-state index in [-0.39, 0.29) is 23.7 Å². The summed E-state index contributed by atoms with van der Waals surface area (Å²) in [6.07, 6.45) is 0. The SMILES string of the molecule is CCOC(=O)c1nnc(-c2cccc(NS(=O)(=O)C(F)(F)F)c2)o1. The zero-order chi connectivity index (χ0) is 18.0. The van der Waals surface area contributed by atoms with E-state index in [1.165, 1.54) is 16.9 Å². The van der Waals surface area contributed by atoms with Gasteiger partial charge in [-0.05, 0) is 25.1 Å². The number of carbonyl (C=O) groups excluding carboxylic acids is 1. The normalized spacial score (nSPS) is 12.0. The third-order valence-corrected chi connectivity index (χ3v) is 3.66. The van der Waals surface area contributed by atoms with E-state index < -0.39 is 27.4 Å². The van der Waals surface area contributed by atoms with Crippen molar-refractivity contribution in [3.05, 3.63) is 30.2 Å². The molecule has 24 heavy (non-hydrogen) atoms. The molecule has 0 amide bonds.